The van der Waals surface area contributed by atoms with Gasteiger partial charge in [0.2, 0.25) is 0 Å². The van der Waals surface area contributed by atoms with Crippen molar-refractivity contribution >= 4 is 23.7 Å². The van der Waals surface area contributed by atoms with Crippen LogP contribution in [0, 0.1) is 0 Å². The standard InChI is InChI=1S/C13H16ClN3O3/c1-20-11-4-2-3-10(9-11)12(18)17(14)13(19)16-7-5-15-6-8-16/h2-4,9,15H,5-8H2,1H3. The number of halogens is 1. The molecule has 6 nitrogen and oxygen atoms in total. The van der Waals surface area contributed by atoms with Crippen LogP contribution in [0.4, 0.5) is 4.79 Å². The Balaban J connectivity index is 2.08. The number of rotatable bonds is 2. The van der Waals surface area contributed by atoms with Gasteiger partial charge >= 0.3 is 6.03 Å². The fourth-order valence-electron chi connectivity index (χ4n) is 1.94. The zero-order valence-electron chi connectivity index (χ0n) is 11.1. The highest BCUT2D eigenvalue weighted by Crippen LogP contribution is 2.16. The number of benzene rings is 1. The topological polar surface area (TPSA) is 61.9 Å². The van der Waals surface area contributed by atoms with E-state index in [1.165, 1.54) is 7.11 Å². The van der Waals surface area contributed by atoms with Crippen LogP contribution in [0.1, 0.15) is 10.4 Å². The lowest BCUT2D eigenvalue weighted by molar-refractivity contribution is 0.0857. The first-order chi connectivity index (χ1) is 9.63. The molecule has 0 spiro atoms. The predicted octanol–water partition coefficient (Wildman–Crippen LogP) is 1.32. The largest absolute Gasteiger partial charge is 0.497 e. The van der Waals surface area contributed by atoms with Gasteiger partial charge in [0.25, 0.3) is 5.91 Å². The lowest BCUT2D eigenvalue weighted by atomic mass is 10.2. The van der Waals surface area contributed by atoms with Crippen LogP contribution in [0.2, 0.25) is 0 Å². The van der Waals surface area contributed by atoms with E-state index >= 15 is 0 Å². The molecule has 1 aromatic rings. The Morgan fingerprint density at radius 3 is 2.70 bits per heavy atom. The molecule has 0 saturated carbocycles. The zero-order chi connectivity index (χ0) is 14.5. The van der Waals surface area contributed by atoms with Crippen molar-refractivity contribution in [3.8, 4) is 5.75 Å². The molecule has 20 heavy (non-hydrogen) atoms. The van der Waals surface area contributed by atoms with E-state index in [0.717, 1.165) is 0 Å². The number of imide groups is 1. The molecular weight excluding hydrogens is 282 g/mol. The number of amides is 3. The van der Waals surface area contributed by atoms with Crippen LogP contribution in [-0.2, 0) is 0 Å². The van der Waals surface area contributed by atoms with Crippen LogP contribution in [-0.4, -0.2) is 54.5 Å². The first-order valence-corrected chi connectivity index (χ1v) is 6.61. The van der Waals surface area contributed by atoms with Crippen LogP contribution in [0.15, 0.2) is 24.3 Å². The van der Waals surface area contributed by atoms with Gasteiger partial charge in [0.15, 0.2) is 0 Å². The van der Waals surface area contributed by atoms with Gasteiger partial charge in [-0.15, -0.1) is 0 Å². The summed E-state index contributed by atoms with van der Waals surface area (Å²) >= 11 is 5.88. The molecule has 0 aromatic heterocycles. The van der Waals surface area contributed by atoms with Crippen LogP contribution in [0.25, 0.3) is 0 Å². The molecule has 0 bridgehead atoms. The maximum Gasteiger partial charge on any atom is 0.342 e. The first kappa shape index (κ1) is 14.6. The minimum atomic E-state index is -0.561. The molecule has 1 N–H and O–H groups in total. The highest BCUT2D eigenvalue weighted by atomic mass is 35.5. The predicted molar refractivity (Wildman–Crippen MR) is 74.9 cm³/mol. The van der Waals surface area contributed by atoms with E-state index in [1.54, 1.807) is 29.2 Å². The number of nitrogens with one attached hydrogen (secondary N) is 1. The van der Waals surface area contributed by atoms with Crippen LogP contribution in [0.3, 0.4) is 0 Å². The maximum atomic E-state index is 12.2. The van der Waals surface area contributed by atoms with Gasteiger partial charge in [-0.05, 0) is 18.2 Å². The number of methoxy groups -OCH3 is 1. The van der Waals surface area contributed by atoms with Crippen LogP contribution in [0.5, 0.6) is 5.75 Å². The molecule has 1 heterocycles. The van der Waals surface area contributed by atoms with Crippen LogP contribution < -0.4 is 10.1 Å². The van der Waals surface area contributed by atoms with Gasteiger partial charge in [0.1, 0.15) is 5.75 Å². The molecule has 1 aliphatic heterocycles. The first-order valence-electron chi connectivity index (χ1n) is 6.27. The second-order valence-electron chi connectivity index (χ2n) is 4.34. The Morgan fingerprint density at radius 1 is 1.35 bits per heavy atom. The molecule has 1 saturated heterocycles. The highest BCUT2D eigenvalue weighted by molar-refractivity contribution is 6.32. The molecule has 2 rings (SSSR count). The molecule has 0 radical (unpaired) electrons. The van der Waals surface area contributed by atoms with Crippen LogP contribution >= 0.6 is 11.8 Å². The number of urea groups is 1. The van der Waals surface area contributed by atoms with Crippen molar-refractivity contribution in [3.05, 3.63) is 29.8 Å². The van der Waals surface area contributed by atoms with Crippen molar-refractivity contribution in [3.63, 3.8) is 0 Å². The van der Waals surface area contributed by atoms with E-state index in [9.17, 15) is 9.59 Å². The van der Waals surface area contributed by atoms with E-state index in [2.05, 4.69) is 5.32 Å². The van der Waals surface area contributed by atoms with Crippen molar-refractivity contribution in [1.82, 2.24) is 14.6 Å². The monoisotopic (exact) mass is 297 g/mol. The molecule has 0 atom stereocenters. The summed E-state index contributed by atoms with van der Waals surface area (Å²) in [5.41, 5.74) is 0.308. The van der Waals surface area contributed by atoms with Gasteiger partial charge in [-0.25, -0.2) is 4.79 Å². The molecule has 7 heteroatoms. The Labute approximate surface area is 122 Å². The molecule has 1 aromatic carbocycles. The third kappa shape index (κ3) is 3.20. The lowest BCUT2D eigenvalue weighted by Gasteiger charge is -2.29. The third-order valence-electron chi connectivity index (χ3n) is 3.05. The van der Waals surface area contributed by atoms with Crippen molar-refractivity contribution < 1.29 is 14.3 Å². The number of carbonyl (C=O) groups is 2. The van der Waals surface area contributed by atoms with Gasteiger partial charge in [0, 0.05) is 43.5 Å². The van der Waals surface area contributed by atoms with Crippen molar-refractivity contribution in [2.75, 3.05) is 33.3 Å². The van der Waals surface area contributed by atoms with E-state index < -0.39 is 11.9 Å². The summed E-state index contributed by atoms with van der Waals surface area (Å²) < 4.78 is 5.67. The van der Waals surface area contributed by atoms with Gasteiger partial charge < -0.3 is 15.0 Å². The fraction of sp³-hybridized carbons (Fsp3) is 0.385. The summed E-state index contributed by atoms with van der Waals surface area (Å²) in [5, 5.41) is 3.13. The lowest BCUT2D eigenvalue weighted by Crippen LogP contribution is -2.50. The number of hydrogen-bond donors (Lipinski definition) is 1. The SMILES string of the molecule is COc1cccc(C(=O)N(Cl)C(=O)N2CCNCC2)c1. The normalized spacial score (nSPS) is 14.8. The zero-order valence-corrected chi connectivity index (χ0v) is 11.9. The summed E-state index contributed by atoms with van der Waals surface area (Å²) in [5.74, 6) is -0.0235. The summed E-state index contributed by atoms with van der Waals surface area (Å²) in [6.45, 7) is 2.47. The summed E-state index contributed by atoms with van der Waals surface area (Å²) in [6.07, 6.45) is 0. The van der Waals surface area contributed by atoms with Crippen molar-refractivity contribution in [2.45, 2.75) is 0 Å². The molecule has 1 fully saturated rings. The Hall–Kier alpha value is -1.79. The van der Waals surface area contributed by atoms with Gasteiger partial charge in [-0.1, -0.05) is 6.07 Å². The smallest absolute Gasteiger partial charge is 0.342 e. The maximum absolute atomic E-state index is 12.2. The Kier molecular flexibility index (Phi) is 4.81. The number of hydrogen-bond acceptors (Lipinski definition) is 4. The van der Waals surface area contributed by atoms with E-state index in [0.29, 0.717) is 41.9 Å². The minimum absolute atomic E-state index is 0.308. The molecule has 1 aliphatic rings. The molecule has 3 amide bonds. The Bertz CT molecular complexity index is 503. The summed E-state index contributed by atoms with van der Waals surface area (Å²) in [7, 11) is 1.51. The molecule has 0 aliphatic carbocycles. The second kappa shape index (κ2) is 6.58. The van der Waals surface area contributed by atoms with Crippen molar-refractivity contribution in [1.29, 1.82) is 0 Å². The Morgan fingerprint density at radius 2 is 2.05 bits per heavy atom. The fourth-order valence-corrected chi connectivity index (χ4v) is 2.14. The summed E-state index contributed by atoms with van der Waals surface area (Å²) in [6, 6.07) is 6.02. The number of carbonyl (C=O) groups excluding carboxylic acids is 2. The molecule has 0 unspecified atom stereocenters. The van der Waals surface area contributed by atoms with E-state index in [1.807, 2.05) is 0 Å². The number of piperazine rings is 1. The van der Waals surface area contributed by atoms with Crippen molar-refractivity contribution in [2.24, 2.45) is 0 Å². The minimum Gasteiger partial charge on any atom is -0.497 e. The van der Waals surface area contributed by atoms with Gasteiger partial charge in [0.05, 0.1) is 7.11 Å². The third-order valence-corrected chi connectivity index (χ3v) is 3.35. The van der Waals surface area contributed by atoms with Gasteiger partial charge in [-0.2, -0.15) is 4.42 Å². The van der Waals surface area contributed by atoms with E-state index in [4.69, 9.17) is 16.5 Å². The molecular formula is C13H16ClN3O3. The number of nitrogens with zero attached hydrogens (tertiary/aromatic N) is 2. The highest BCUT2D eigenvalue weighted by Gasteiger charge is 2.27. The average molecular weight is 298 g/mol. The number of ether oxygens (including phenoxy) is 1. The molecule has 108 valence electrons. The summed E-state index contributed by atoms with van der Waals surface area (Å²) in [4.78, 5) is 25.8. The van der Waals surface area contributed by atoms with E-state index in [-0.39, 0.29) is 0 Å². The van der Waals surface area contributed by atoms with Gasteiger partial charge in [-0.3, -0.25) is 4.79 Å². The second-order valence-corrected chi connectivity index (χ2v) is 4.68. The average Bonchev–Trinajstić information content (AvgIpc) is 2.53. The quantitative estimate of drug-likeness (QED) is 0.836.